The van der Waals surface area contributed by atoms with Gasteiger partial charge in [-0.1, -0.05) is 254 Å². The van der Waals surface area contributed by atoms with Crippen LogP contribution >= 0.6 is 0 Å². The highest BCUT2D eigenvalue weighted by Gasteiger charge is 2.19. The minimum atomic E-state index is -0.795. The van der Waals surface area contributed by atoms with Crippen LogP contribution in [0.3, 0.4) is 0 Å². The van der Waals surface area contributed by atoms with Crippen LogP contribution in [-0.2, 0) is 28.6 Å². The third-order valence-corrected chi connectivity index (χ3v) is 11.7. The number of esters is 3. The lowest BCUT2D eigenvalue weighted by Gasteiger charge is -2.18. The van der Waals surface area contributed by atoms with Crippen LogP contribution < -0.4 is 0 Å². The fourth-order valence-electron chi connectivity index (χ4n) is 7.55. The second-order valence-electron chi connectivity index (χ2n) is 18.1. The van der Waals surface area contributed by atoms with Crippen LogP contribution in [0.25, 0.3) is 0 Å². The van der Waals surface area contributed by atoms with E-state index in [0.717, 1.165) is 89.9 Å². The minimum absolute atomic E-state index is 0.0930. The number of unbranched alkanes of at least 4 members (excludes halogenated alkanes) is 24. The Morgan fingerprint density at radius 2 is 0.591 bits per heavy atom. The minimum Gasteiger partial charge on any atom is -0.462 e. The number of carbonyl (C=O) groups is 3. The highest BCUT2D eigenvalue weighted by Crippen LogP contribution is 2.16. The van der Waals surface area contributed by atoms with Crippen LogP contribution in [-0.4, -0.2) is 37.2 Å². The molecule has 0 aliphatic rings. The van der Waals surface area contributed by atoms with E-state index in [1.165, 1.54) is 122 Å². The first-order valence-corrected chi connectivity index (χ1v) is 27.6. The van der Waals surface area contributed by atoms with E-state index in [4.69, 9.17) is 14.2 Å². The summed E-state index contributed by atoms with van der Waals surface area (Å²) >= 11 is 0. The van der Waals surface area contributed by atoms with Crippen molar-refractivity contribution in [2.45, 2.75) is 264 Å². The Hall–Kier alpha value is -3.41. The lowest BCUT2D eigenvalue weighted by Crippen LogP contribution is -2.30. The lowest BCUT2D eigenvalue weighted by molar-refractivity contribution is -0.167. The maximum atomic E-state index is 12.8. The summed E-state index contributed by atoms with van der Waals surface area (Å²) in [5, 5.41) is 0. The quantitative estimate of drug-likeness (QED) is 0.0262. The second-order valence-corrected chi connectivity index (χ2v) is 18.1. The van der Waals surface area contributed by atoms with Gasteiger partial charge < -0.3 is 14.2 Å². The van der Waals surface area contributed by atoms with Gasteiger partial charge in [0.1, 0.15) is 13.2 Å². The Kier molecular flexibility index (Phi) is 51.4. The first-order valence-electron chi connectivity index (χ1n) is 27.6. The van der Waals surface area contributed by atoms with Crippen molar-refractivity contribution in [2.24, 2.45) is 0 Å². The van der Waals surface area contributed by atoms with Crippen LogP contribution in [0.2, 0.25) is 0 Å². The maximum Gasteiger partial charge on any atom is 0.306 e. The summed E-state index contributed by atoms with van der Waals surface area (Å²) in [5.41, 5.74) is 0. The molecule has 0 rings (SSSR count). The van der Waals surface area contributed by atoms with E-state index < -0.39 is 6.10 Å². The summed E-state index contributed by atoms with van der Waals surface area (Å²) in [4.78, 5) is 37.8. The number of hydrogen-bond donors (Lipinski definition) is 0. The number of allylic oxidation sites excluding steroid dienone is 14. The largest absolute Gasteiger partial charge is 0.462 e. The molecule has 0 N–H and O–H groups in total. The Morgan fingerprint density at radius 3 is 0.924 bits per heavy atom. The maximum absolute atomic E-state index is 12.8. The number of ether oxygens (including phenoxy) is 3. The van der Waals surface area contributed by atoms with E-state index in [9.17, 15) is 14.4 Å². The topological polar surface area (TPSA) is 78.9 Å². The van der Waals surface area contributed by atoms with Crippen molar-refractivity contribution < 1.29 is 28.6 Å². The molecular formula is C60H102O6. The van der Waals surface area contributed by atoms with E-state index in [-0.39, 0.29) is 37.5 Å². The molecule has 0 amide bonds. The molecule has 0 saturated heterocycles. The van der Waals surface area contributed by atoms with Crippen molar-refractivity contribution in [1.82, 2.24) is 0 Å². The van der Waals surface area contributed by atoms with Gasteiger partial charge in [-0.2, -0.15) is 0 Å². The SMILES string of the molecule is CC/C=C\C/C=C\C/C=C\C/C=C\C/C=C\C/C=C\C/C=C\CCCC(=O)OCC(COC(=O)CCCCCCCC)OC(=O)CCCCCCCCCCCCCCCCCCCCC. The van der Waals surface area contributed by atoms with Gasteiger partial charge in [-0.25, -0.2) is 0 Å². The second kappa shape index (κ2) is 54.2. The van der Waals surface area contributed by atoms with E-state index in [2.05, 4.69) is 106 Å². The van der Waals surface area contributed by atoms with Gasteiger partial charge in [0.25, 0.3) is 0 Å². The molecule has 0 aromatic carbocycles. The third kappa shape index (κ3) is 51.6. The molecule has 0 spiro atoms. The molecule has 0 aliphatic carbocycles. The van der Waals surface area contributed by atoms with Crippen molar-refractivity contribution in [3.05, 3.63) is 85.1 Å². The molecular weight excluding hydrogens is 817 g/mol. The zero-order valence-electron chi connectivity index (χ0n) is 43.2. The highest BCUT2D eigenvalue weighted by atomic mass is 16.6. The van der Waals surface area contributed by atoms with E-state index in [1.54, 1.807) is 0 Å². The predicted molar refractivity (Wildman–Crippen MR) is 284 cm³/mol. The normalized spacial score (nSPS) is 12.7. The lowest BCUT2D eigenvalue weighted by atomic mass is 10.0. The first kappa shape index (κ1) is 62.6. The van der Waals surface area contributed by atoms with E-state index in [0.29, 0.717) is 19.3 Å². The number of carbonyl (C=O) groups excluding carboxylic acids is 3. The average molecular weight is 919 g/mol. The molecule has 0 radical (unpaired) electrons. The van der Waals surface area contributed by atoms with Crippen LogP contribution in [0.5, 0.6) is 0 Å². The molecule has 66 heavy (non-hydrogen) atoms. The fraction of sp³-hybridized carbons (Fsp3) is 0.717. The molecule has 0 aromatic heterocycles. The van der Waals surface area contributed by atoms with E-state index in [1.807, 2.05) is 0 Å². The third-order valence-electron chi connectivity index (χ3n) is 11.7. The predicted octanol–water partition coefficient (Wildman–Crippen LogP) is 18.4. The van der Waals surface area contributed by atoms with Crippen LogP contribution in [0.15, 0.2) is 85.1 Å². The van der Waals surface area contributed by atoms with Crippen LogP contribution in [0.1, 0.15) is 258 Å². The summed E-state index contributed by atoms with van der Waals surface area (Å²) < 4.78 is 16.7. The molecule has 0 fully saturated rings. The summed E-state index contributed by atoms with van der Waals surface area (Å²) in [6.07, 6.45) is 70.4. The Balaban J connectivity index is 4.27. The van der Waals surface area contributed by atoms with Crippen LogP contribution in [0.4, 0.5) is 0 Å². The van der Waals surface area contributed by atoms with Gasteiger partial charge in [0.05, 0.1) is 0 Å². The van der Waals surface area contributed by atoms with Gasteiger partial charge in [0, 0.05) is 19.3 Å². The summed E-state index contributed by atoms with van der Waals surface area (Å²) in [5.74, 6) is -0.960. The molecule has 1 atom stereocenters. The number of rotatable bonds is 49. The molecule has 0 bridgehead atoms. The molecule has 0 aliphatic heterocycles. The first-order chi connectivity index (χ1) is 32.5. The monoisotopic (exact) mass is 919 g/mol. The molecule has 6 nitrogen and oxygen atoms in total. The standard InChI is InChI=1S/C60H102O6/c1-4-7-10-13-16-18-20-22-24-26-28-29-30-31-33-34-36-38-40-42-44-47-50-53-59(62)65-56-57(55-64-58(61)52-49-46-15-12-9-6-3)66-60(63)54-51-48-45-43-41-39-37-35-32-27-25-23-21-19-17-14-11-8-5-2/h7,10,16,18,22,24,28-29,31,33,36,38,42,44,57H,4-6,8-9,11-15,17,19-21,23,25-27,30,32,34-35,37,39-41,43,45-56H2,1-3H3/b10-7-,18-16-,24-22-,29-28-,33-31-,38-36-,44-42-. The van der Waals surface area contributed by atoms with Crippen molar-refractivity contribution in [3.8, 4) is 0 Å². The molecule has 378 valence electrons. The van der Waals surface area contributed by atoms with Gasteiger partial charge in [0.15, 0.2) is 6.10 Å². The zero-order valence-corrected chi connectivity index (χ0v) is 43.2. The highest BCUT2D eigenvalue weighted by molar-refractivity contribution is 5.71. The smallest absolute Gasteiger partial charge is 0.306 e. The molecule has 0 heterocycles. The van der Waals surface area contributed by atoms with Gasteiger partial charge in [-0.05, 0) is 70.6 Å². The van der Waals surface area contributed by atoms with Crippen molar-refractivity contribution in [3.63, 3.8) is 0 Å². The van der Waals surface area contributed by atoms with Gasteiger partial charge in [-0.15, -0.1) is 0 Å². The van der Waals surface area contributed by atoms with Crippen molar-refractivity contribution >= 4 is 17.9 Å². The number of hydrogen-bond acceptors (Lipinski definition) is 6. The summed E-state index contributed by atoms with van der Waals surface area (Å²) in [6.45, 7) is 6.43. The Morgan fingerprint density at radius 1 is 0.318 bits per heavy atom. The Labute approximate surface area is 407 Å². The van der Waals surface area contributed by atoms with Gasteiger partial charge in [0.2, 0.25) is 0 Å². The fourth-order valence-corrected chi connectivity index (χ4v) is 7.55. The summed E-state index contributed by atoms with van der Waals surface area (Å²) in [7, 11) is 0. The van der Waals surface area contributed by atoms with Crippen molar-refractivity contribution in [2.75, 3.05) is 13.2 Å². The zero-order chi connectivity index (χ0) is 47.9. The van der Waals surface area contributed by atoms with Gasteiger partial charge >= 0.3 is 17.9 Å². The molecule has 1 unspecified atom stereocenters. The van der Waals surface area contributed by atoms with Gasteiger partial charge in [-0.3, -0.25) is 14.4 Å². The van der Waals surface area contributed by atoms with Crippen LogP contribution in [0, 0.1) is 0 Å². The van der Waals surface area contributed by atoms with E-state index >= 15 is 0 Å². The molecule has 6 heteroatoms. The van der Waals surface area contributed by atoms with Crippen molar-refractivity contribution in [1.29, 1.82) is 0 Å². The average Bonchev–Trinajstić information content (AvgIpc) is 3.31. The Bertz CT molecular complexity index is 1290. The molecule has 0 aromatic rings. The molecule has 0 saturated carbocycles. The summed E-state index contributed by atoms with van der Waals surface area (Å²) in [6, 6.07) is 0.